The van der Waals surface area contributed by atoms with E-state index < -0.39 is 16.1 Å². The highest BCUT2D eigenvalue weighted by atomic mass is 35.5. The quantitative estimate of drug-likeness (QED) is 0.733. The number of ether oxygens (including phenoxy) is 1. The van der Waals surface area contributed by atoms with Gasteiger partial charge in [0.1, 0.15) is 6.04 Å². The maximum atomic E-state index is 12.0. The molecule has 9 heteroatoms. The predicted molar refractivity (Wildman–Crippen MR) is 91.0 cm³/mol. The second kappa shape index (κ2) is 9.19. The van der Waals surface area contributed by atoms with Crippen LogP contribution in [0.1, 0.15) is 18.5 Å². The van der Waals surface area contributed by atoms with Crippen molar-refractivity contribution in [3.8, 4) is 0 Å². The van der Waals surface area contributed by atoms with Gasteiger partial charge in [-0.1, -0.05) is 12.1 Å². The van der Waals surface area contributed by atoms with Gasteiger partial charge in [0.25, 0.3) is 0 Å². The molecule has 2 atom stereocenters. The van der Waals surface area contributed by atoms with E-state index in [1.807, 2.05) is 0 Å². The van der Waals surface area contributed by atoms with E-state index in [0.717, 1.165) is 9.87 Å². The highest BCUT2D eigenvalue weighted by Gasteiger charge is 2.19. The molecule has 0 aliphatic rings. The topological polar surface area (TPSA) is 102 Å². The van der Waals surface area contributed by atoms with E-state index >= 15 is 0 Å². The second-order valence-corrected chi connectivity index (χ2v) is 7.30. The Morgan fingerprint density at radius 1 is 1.30 bits per heavy atom. The van der Waals surface area contributed by atoms with E-state index in [-0.39, 0.29) is 35.9 Å². The second-order valence-electron chi connectivity index (χ2n) is 5.15. The first-order chi connectivity index (χ1) is 10.2. The van der Waals surface area contributed by atoms with Crippen LogP contribution in [0.2, 0.25) is 0 Å². The van der Waals surface area contributed by atoms with Crippen LogP contribution in [-0.4, -0.2) is 52.5 Å². The first-order valence-corrected chi connectivity index (χ1v) is 8.21. The first-order valence-electron chi connectivity index (χ1n) is 6.77. The van der Waals surface area contributed by atoms with Crippen molar-refractivity contribution in [3.63, 3.8) is 0 Å². The Morgan fingerprint density at radius 2 is 1.83 bits per heavy atom. The van der Waals surface area contributed by atoms with Gasteiger partial charge in [0.15, 0.2) is 0 Å². The molecule has 1 aromatic rings. The van der Waals surface area contributed by atoms with Gasteiger partial charge >= 0.3 is 0 Å². The third kappa shape index (κ3) is 5.74. The fourth-order valence-corrected chi connectivity index (χ4v) is 2.70. The van der Waals surface area contributed by atoms with Crippen LogP contribution in [0.5, 0.6) is 0 Å². The van der Waals surface area contributed by atoms with Crippen molar-refractivity contribution in [2.75, 3.05) is 27.8 Å². The molecule has 0 heterocycles. The summed E-state index contributed by atoms with van der Waals surface area (Å²) in [7, 11) is 0.970. The van der Waals surface area contributed by atoms with E-state index in [4.69, 9.17) is 10.5 Å². The van der Waals surface area contributed by atoms with Crippen molar-refractivity contribution in [1.82, 2.24) is 9.62 Å². The third-order valence-electron chi connectivity index (χ3n) is 3.20. The monoisotopic (exact) mass is 365 g/mol. The molecule has 0 saturated heterocycles. The van der Waals surface area contributed by atoms with E-state index in [2.05, 4.69) is 5.32 Å². The summed E-state index contributed by atoms with van der Waals surface area (Å²) in [6, 6.07) is 5.35. The molecule has 7 nitrogen and oxygen atoms in total. The molecule has 0 aromatic heterocycles. The van der Waals surface area contributed by atoms with Crippen LogP contribution >= 0.6 is 12.4 Å². The van der Waals surface area contributed by atoms with Gasteiger partial charge in [-0.25, -0.2) is 12.7 Å². The molecule has 23 heavy (non-hydrogen) atoms. The molecule has 0 bridgehead atoms. The van der Waals surface area contributed by atoms with Crippen molar-refractivity contribution in [3.05, 3.63) is 29.8 Å². The van der Waals surface area contributed by atoms with Crippen LogP contribution in [0.25, 0.3) is 0 Å². The maximum Gasteiger partial charge on any atom is 0.242 e. The lowest BCUT2D eigenvalue weighted by atomic mass is 10.1. The molecule has 1 aromatic carbocycles. The fraction of sp³-hybridized carbons (Fsp3) is 0.500. The maximum absolute atomic E-state index is 12.0. The van der Waals surface area contributed by atoms with Crippen LogP contribution in [-0.2, 0) is 19.6 Å². The number of hydrogen-bond acceptors (Lipinski definition) is 5. The molecule has 0 spiro atoms. The Morgan fingerprint density at radius 3 is 2.26 bits per heavy atom. The summed E-state index contributed by atoms with van der Waals surface area (Å²) in [5, 5.41) is 2.76. The van der Waals surface area contributed by atoms with Crippen molar-refractivity contribution in [1.29, 1.82) is 0 Å². The van der Waals surface area contributed by atoms with Gasteiger partial charge in [-0.2, -0.15) is 0 Å². The van der Waals surface area contributed by atoms with Gasteiger partial charge < -0.3 is 15.8 Å². The predicted octanol–water partition coefficient (Wildman–Crippen LogP) is 0.510. The Balaban J connectivity index is 0.00000484. The first kappa shape index (κ1) is 21.8. The van der Waals surface area contributed by atoms with Crippen LogP contribution in [0, 0.1) is 0 Å². The fourth-order valence-electron chi connectivity index (χ4n) is 1.80. The molecule has 3 N–H and O–H groups in total. The number of halogens is 1. The molecule has 2 unspecified atom stereocenters. The number of carbonyl (C=O) groups excluding carboxylic acids is 1. The minimum atomic E-state index is -3.45. The van der Waals surface area contributed by atoms with Gasteiger partial charge in [0, 0.05) is 21.2 Å². The molecular formula is C14H24ClN3O4S. The number of hydrogen-bond donors (Lipinski definition) is 2. The summed E-state index contributed by atoms with van der Waals surface area (Å²) in [5.74, 6) is -0.320. The Hall–Kier alpha value is -1.19. The summed E-state index contributed by atoms with van der Waals surface area (Å²) in [5.41, 5.74) is 6.43. The number of amides is 1. The largest absolute Gasteiger partial charge is 0.383 e. The number of carbonyl (C=O) groups is 1. The molecule has 0 fully saturated rings. The summed E-state index contributed by atoms with van der Waals surface area (Å²) < 4.78 is 29.9. The van der Waals surface area contributed by atoms with E-state index in [0.29, 0.717) is 0 Å². The molecule has 0 radical (unpaired) electrons. The summed E-state index contributed by atoms with van der Waals surface area (Å²) in [6.45, 7) is 1.94. The molecule has 0 aliphatic carbocycles. The highest BCUT2D eigenvalue weighted by molar-refractivity contribution is 7.89. The van der Waals surface area contributed by atoms with E-state index in [9.17, 15) is 13.2 Å². The Kier molecular flexibility index (Phi) is 8.71. The van der Waals surface area contributed by atoms with Gasteiger partial charge in [-0.3, -0.25) is 4.79 Å². The minimum Gasteiger partial charge on any atom is -0.383 e. The number of nitrogens with zero attached hydrogens (tertiary/aromatic N) is 1. The summed E-state index contributed by atoms with van der Waals surface area (Å²) in [6.07, 6.45) is 0. The van der Waals surface area contributed by atoms with Crippen LogP contribution in [0.4, 0.5) is 0 Å². The van der Waals surface area contributed by atoms with Crippen molar-refractivity contribution >= 4 is 28.3 Å². The number of rotatable bonds is 7. The van der Waals surface area contributed by atoms with Crippen LogP contribution < -0.4 is 11.1 Å². The molecule has 0 saturated carbocycles. The molecule has 1 amide bonds. The van der Waals surface area contributed by atoms with Gasteiger partial charge in [-0.15, -0.1) is 12.4 Å². The lowest BCUT2D eigenvalue weighted by molar-refractivity contribution is -0.124. The third-order valence-corrected chi connectivity index (χ3v) is 5.03. The summed E-state index contributed by atoms with van der Waals surface area (Å²) >= 11 is 0. The Labute approximate surface area is 143 Å². The lowest BCUT2D eigenvalue weighted by Crippen LogP contribution is -2.44. The lowest BCUT2D eigenvalue weighted by Gasteiger charge is -2.18. The van der Waals surface area contributed by atoms with E-state index in [1.165, 1.54) is 33.3 Å². The number of benzene rings is 1. The number of sulfonamides is 1. The highest BCUT2D eigenvalue weighted by Crippen LogP contribution is 2.18. The zero-order valence-corrected chi connectivity index (χ0v) is 15.3. The number of nitrogens with two attached hydrogens (primary N) is 1. The van der Waals surface area contributed by atoms with Crippen molar-refractivity contribution < 1.29 is 17.9 Å². The summed E-state index contributed by atoms with van der Waals surface area (Å²) in [4.78, 5) is 12.0. The molecule has 0 aliphatic heterocycles. The molecular weight excluding hydrogens is 342 g/mol. The number of methoxy groups -OCH3 is 1. The average Bonchev–Trinajstić information content (AvgIpc) is 2.47. The SMILES string of the molecule is COCC(N)C(=O)NC(C)c1ccc(S(=O)(=O)N(C)C)cc1.Cl. The van der Waals surface area contributed by atoms with Crippen molar-refractivity contribution in [2.45, 2.75) is 23.9 Å². The van der Waals surface area contributed by atoms with Gasteiger partial charge in [-0.05, 0) is 24.6 Å². The standard InChI is InChI=1S/C14H23N3O4S.ClH/c1-10(16-14(18)13(15)9-21-4)11-5-7-12(8-6-11)22(19,20)17(2)3;/h5-8,10,13H,9,15H2,1-4H3,(H,16,18);1H. The smallest absolute Gasteiger partial charge is 0.242 e. The average molecular weight is 366 g/mol. The van der Waals surface area contributed by atoms with Gasteiger partial charge in [0.2, 0.25) is 15.9 Å². The Bertz CT molecular complexity index is 605. The zero-order chi connectivity index (χ0) is 16.9. The minimum absolute atomic E-state index is 0. The molecule has 132 valence electrons. The van der Waals surface area contributed by atoms with Crippen LogP contribution in [0.15, 0.2) is 29.2 Å². The molecule has 1 rings (SSSR count). The normalized spacial score (nSPS) is 14.0. The van der Waals surface area contributed by atoms with Gasteiger partial charge in [0.05, 0.1) is 17.5 Å². The zero-order valence-electron chi connectivity index (χ0n) is 13.6. The van der Waals surface area contributed by atoms with Crippen LogP contribution in [0.3, 0.4) is 0 Å². The van der Waals surface area contributed by atoms with E-state index in [1.54, 1.807) is 19.1 Å². The van der Waals surface area contributed by atoms with Crippen molar-refractivity contribution in [2.24, 2.45) is 5.73 Å². The number of nitrogens with one attached hydrogen (secondary N) is 1.